The number of rotatable bonds is 3. The number of fused-ring (bicyclic) bond motifs is 1. The van der Waals surface area contributed by atoms with E-state index in [-0.39, 0.29) is 0 Å². The van der Waals surface area contributed by atoms with Crippen molar-refractivity contribution in [3.8, 4) is 11.4 Å². The number of aryl methyl sites for hydroxylation is 1. The van der Waals surface area contributed by atoms with Crippen LogP contribution < -0.4 is 5.32 Å². The van der Waals surface area contributed by atoms with Crippen molar-refractivity contribution >= 4 is 23.2 Å². The molecule has 0 fully saturated rings. The molecule has 0 bridgehead atoms. The van der Waals surface area contributed by atoms with Gasteiger partial charge in [-0.15, -0.1) is 0 Å². The molecule has 2 aromatic rings. The fraction of sp³-hybridized carbons (Fsp3) is 0.375. The molecule has 3 rings (SSSR count). The number of benzene rings is 1. The molecule has 110 valence electrons. The highest BCUT2D eigenvalue weighted by molar-refractivity contribution is 6.43. The molecule has 1 aliphatic rings. The van der Waals surface area contributed by atoms with Crippen LogP contribution in [-0.4, -0.2) is 16.5 Å². The Balaban J connectivity index is 2.01. The Bertz CT molecular complexity index is 658. The molecule has 0 spiro atoms. The van der Waals surface area contributed by atoms with Gasteiger partial charge in [-0.3, -0.25) is 0 Å². The summed E-state index contributed by atoms with van der Waals surface area (Å²) in [5.74, 6) is 0.651. The van der Waals surface area contributed by atoms with Gasteiger partial charge in [0, 0.05) is 29.1 Å². The predicted octanol–water partition coefficient (Wildman–Crippen LogP) is 4.44. The molecule has 1 atom stereocenters. The van der Waals surface area contributed by atoms with Gasteiger partial charge in [0.25, 0.3) is 0 Å². The van der Waals surface area contributed by atoms with E-state index in [0.29, 0.717) is 21.9 Å². The summed E-state index contributed by atoms with van der Waals surface area (Å²) in [6, 6.07) is 5.91. The molecule has 0 saturated heterocycles. The first-order valence-corrected chi connectivity index (χ1v) is 8.00. The lowest BCUT2D eigenvalue weighted by molar-refractivity contribution is 0.464. The van der Waals surface area contributed by atoms with Gasteiger partial charge in [-0.1, -0.05) is 36.2 Å². The van der Waals surface area contributed by atoms with Crippen LogP contribution in [0.5, 0.6) is 0 Å². The molecule has 1 N–H and O–H groups in total. The van der Waals surface area contributed by atoms with E-state index < -0.39 is 0 Å². The maximum Gasteiger partial charge on any atom is 0.160 e. The van der Waals surface area contributed by atoms with Crippen molar-refractivity contribution in [1.29, 1.82) is 0 Å². The third kappa shape index (κ3) is 2.91. The number of hydrogen-bond donors (Lipinski definition) is 1. The second kappa shape index (κ2) is 6.30. The van der Waals surface area contributed by atoms with Gasteiger partial charge in [-0.25, -0.2) is 9.97 Å². The van der Waals surface area contributed by atoms with Crippen molar-refractivity contribution in [2.45, 2.75) is 32.2 Å². The summed E-state index contributed by atoms with van der Waals surface area (Å²) in [4.78, 5) is 9.23. The van der Waals surface area contributed by atoms with Gasteiger partial charge in [-0.2, -0.15) is 0 Å². The van der Waals surface area contributed by atoms with Gasteiger partial charge >= 0.3 is 0 Å². The standard InChI is InChI=1S/C16H17Cl2N3/c1-2-19-13-7-4-8-14-11(13)9-20-16(21-14)10-5-3-6-12(17)15(10)18/h3,5-6,9,13,19H,2,4,7-8H2,1H3. The summed E-state index contributed by atoms with van der Waals surface area (Å²) in [6.07, 6.45) is 5.21. The molecule has 0 aliphatic heterocycles. The molecule has 3 nitrogen and oxygen atoms in total. The highest BCUT2D eigenvalue weighted by Gasteiger charge is 2.22. The Hall–Kier alpha value is -1.16. The van der Waals surface area contributed by atoms with E-state index in [4.69, 9.17) is 28.2 Å². The molecular formula is C16H17Cl2N3. The number of nitrogens with zero attached hydrogens (tertiary/aromatic N) is 2. The molecule has 21 heavy (non-hydrogen) atoms. The van der Waals surface area contributed by atoms with E-state index >= 15 is 0 Å². The van der Waals surface area contributed by atoms with Crippen LogP contribution in [0.2, 0.25) is 10.0 Å². The van der Waals surface area contributed by atoms with E-state index in [1.807, 2.05) is 18.3 Å². The lowest BCUT2D eigenvalue weighted by Crippen LogP contribution is -2.25. The Morgan fingerprint density at radius 1 is 1.33 bits per heavy atom. The molecule has 5 heteroatoms. The van der Waals surface area contributed by atoms with Crippen molar-refractivity contribution in [2.75, 3.05) is 6.54 Å². The SMILES string of the molecule is CCNC1CCCc2nc(-c3cccc(Cl)c3Cl)ncc21. The zero-order valence-corrected chi connectivity index (χ0v) is 13.4. The number of nitrogens with one attached hydrogen (secondary N) is 1. The van der Waals surface area contributed by atoms with Crippen molar-refractivity contribution in [1.82, 2.24) is 15.3 Å². The highest BCUT2D eigenvalue weighted by Crippen LogP contribution is 2.34. The fourth-order valence-electron chi connectivity index (χ4n) is 2.81. The van der Waals surface area contributed by atoms with Crippen LogP contribution in [-0.2, 0) is 6.42 Å². The van der Waals surface area contributed by atoms with Crippen LogP contribution in [0, 0.1) is 0 Å². The third-order valence-electron chi connectivity index (χ3n) is 3.82. The quantitative estimate of drug-likeness (QED) is 0.908. The summed E-state index contributed by atoms with van der Waals surface area (Å²) in [5, 5.41) is 4.53. The minimum atomic E-state index is 0.364. The average Bonchev–Trinajstić information content (AvgIpc) is 2.50. The molecule has 1 aliphatic carbocycles. The van der Waals surface area contributed by atoms with Crippen LogP contribution in [0.25, 0.3) is 11.4 Å². The van der Waals surface area contributed by atoms with Crippen molar-refractivity contribution < 1.29 is 0 Å². The van der Waals surface area contributed by atoms with Crippen molar-refractivity contribution in [2.24, 2.45) is 0 Å². The van der Waals surface area contributed by atoms with Gasteiger partial charge in [0.15, 0.2) is 5.82 Å². The van der Waals surface area contributed by atoms with E-state index in [9.17, 15) is 0 Å². The lowest BCUT2D eigenvalue weighted by atomic mass is 9.92. The van der Waals surface area contributed by atoms with E-state index in [1.165, 1.54) is 5.56 Å². The molecule has 0 radical (unpaired) electrons. The van der Waals surface area contributed by atoms with Gasteiger partial charge in [0.2, 0.25) is 0 Å². The Morgan fingerprint density at radius 3 is 3.00 bits per heavy atom. The molecule has 1 heterocycles. The maximum absolute atomic E-state index is 6.27. The third-order valence-corrected chi connectivity index (χ3v) is 4.64. The second-order valence-electron chi connectivity index (χ2n) is 5.20. The van der Waals surface area contributed by atoms with Crippen molar-refractivity contribution in [3.63, 3.8) is 0 Å². The monoisotopic (exact) mass is 321 g/mol. The molecule has 0 saturated carbocycles. The first-order valence-electron chi connectivity index (χ1n) is 7.24. The minimum absolute atomic E-state index is 0.364. The smallest absolute Gasteiger partial charge is 0.160 e. The summed E-state index contributed by atoms with van der Waals surface area (Å²) < 4.78 is 0. The van der Waals surface area contributed by atoms with Crippen LogP contribution in [0.15, 0.2) is 24.4 Å². The molecule has 1 unspecified atom stereocenters. The fourth-order valence-corrected chi connectivity index (χ4v) is 3.20. The van der Waals surface area contributed by atoms with Gasteiger partial charge in [0.05, 0.1) is 10.0 Å². The first kappa shape index (κ1) is 14.8. The molecule has 1 aromatic heterocycles. The predicted molar refractivity (Wildman–Crippen MR) is 86.8 cm³/mol. The second-order valence-corrected chi connectivity index (χ2v) is 5.98. The summed E-state index contributed by atoms with van der Waals surface area (Å²) in [6.45, 7) is 3.07. The van der Waals surface area contributed by atoms with E-state index in [2.05, 4.69) is 17.2 Å². The van der Waals surface area contributed by atoms with Crippen LogP contribution in [0.4, 0.5) is 0 Å². The van der Waals surface area contributed by atoms with Gasteiger partial charge in [0.1, 0.15) is 0 Å². The van der Waals surface area contributed by atoms with Crippen LogP contribution >= 0.6 is 23.2 Å². The Kier molecular flexibility index (Phi) is 4.43. The van der Waals surface area contributed by atoms with Gasteiger partial charge < -0.3 is 5.32 Å². The summed E-state index contributed by atoms with van der Waals surface area (Å²) >= 11 is 12.3. The topological polar surface area (TPSA) is 37.8 Å². The lowest BCUT2D eigenvalue weighted by Gasteiger charge is -2.25. The number of aromatic nitrogens is 2. The maximum atomic E-state index is 6.27. The molecular weight excluding hydrogens is 305 g/mol. The van der Waals surface area contributed by atoms with E-state index in [0.717, 1.165) is 37.1 Å². The first-order chi connectivity index (χ1) is 10.2. The number of hydrogen-bond acceptors (Lipinski definition) is 3. The summed E-state index contributed by atoms with van der Waals surface area (Å²) in [7, 11) is 0. The number of halogens is 2. The molecule has 0 amide bonds. The minimum Gasteiger partial charge on any atom is -0.310 e. The van der Waals surface area contributed by atoms with Crippen molar-refractivity contribution in [3.05, 3.63) is 45.7 Å². The largest absolute Gasteiger partial charge is 0.310 e. The normalized spacial score (nSPS) is 17.6. The van der Waals surface area contributed by atoms with E-state index in [1.54, 1.807) is 6.07 Å². The Morgan fingerprint density at radius 2 is 2.19 bits per heavy atom. The average molecular weight is 322 g/mol. The van der Waals surface area contributed by atoms with Crippen LogP contribution in [0.3, 0.4) is 0 Å². The zero-order valence-electron chi connectivity index (χ0n) is 11.9. The molecule has 1 aromatic carbocycles. The van der Waals surface area contributed by atoms with Gasteiger partial charge in [-0.05, 0) is 37.9 Å². The summed E-state index contributed by atoms with van der Waals surface area (Å²) in [5.41, 5.74) is 3.12. The zero-order chi connectivity index (χ0) is 14.8. The highest BCUT2D eigenvalue weighted by atomic mass is 35.5. The Labute approximate surface area is 134 Å². The van der Waals surface area contributed by atoms with Crippen LogP contribution in [0.1, 0.15) is 37.1 Å².